The number of fused-ring (bicyclic) bond motifs is 6. The highest BCUT2D eigenvalue weighted by Gasteiger charge is 2.17. The number of hydrogen-bond acceptors (Lipinski definition) is 1. The smallest absolute Gasteiger partial charge is 0.0546 e. The van der Waals surface area contributed by atoms with Gasteiger partial charge in [0.2, 0.25) is 0 Å². The number of rotatable bonds is 5. The molecule has 0 atom stereocenters. The van der Waals surface area contributed by atoms with E-state index in [1.54, 1.807) is 0 Å². The van der Waals surface area contributed by atoms with Crippen LogP contribution in [0.5, 0.6) is 0 Å². The van der Waals surface area contributed by atoms with Gasteiger partial charge in [0.25, 0.3) is 0 Å². The Kier molecular flexibility index (Phi) is 13.9. The second-order valence-corrected chi connectivity index (χ2v) is 14.6. The minimum atomic E-state index is 1.14. The molecule has 9 aromatic carbocycles. The van der Waals surface area contributed by atoms with Crippen LogP contribution in [-0.2, 0) is 0 Å². The Labute approximate surface area is 345 Å². The molecular formula is C57H53N. The third-order valence-corrected chi connectivity index (χ3v) is 10.2. The van der Waals surface area contributed by atoms with E-state index >= 15 is 0 Å². The summed E-state index contributed by atoms with van der Waals surface area (Å²) < 4.78 is 0. The molecule has 9 rings (SSSR count). The van der Waals surface area contributed by atoms with Crippen LogP contribution in [0.3, 0.4) is 0 Å². The minimum absolute atomic E-state index is 1.14. The fourth-order valence-electron chi connectivity index (χ4n) is 7.26. The van der Waals surface area contributed by atoms with Gasteiger partial charge >= 0.3 is 0 Å². The van der Waals surface area contributed by atoms with Crippen molar-refractivity contribution in [3.05, 3.63) is 242 Å². The van der Waals surface area contributed by atoms with E-state index in [4.69, 9.17) is 0 Å². The summed E-state index contributed by atoms with van der Waals surface area (Å²) in [7, 11) is 0. The minimum Gasteiger partial charge on any atom is -0.310 e. The van der Waals surface area contributed by atoms with Gasteiger partial charge in [-0.15, -0.1) is 13.2 Å². The third-order valence-electron chi connectivity index (χ3n) is 10.2. The summed E-state index contributed by atoms with van der Waals surface area (Å²) in [5, 5.41) is 10.4. The first kappa shape index (κ1) is 40.7. The lowest BCUT2D eigenvalue weighted by Crippen LogP contribution is -2.10. The molecule has 0 aliphatic heterocycles. The monoisotopic (exact) mass is 751 g/mol. The van der Waals surface area contributed by atoms with Gasteiger partial charge in [0.05, 0.1) is 5.69 Å². The molecule has 0 fully saturated rings. The van der Waals surface area contributed by atoms with E-state index < -0.39 is 0 Å². The Balaban J connectivity index is 0.000000192. The second kappa shape index (κ2) is 19.8. The van der Waals surface area contributed by atoms with E-state index in [2.05, 4.69) is 241 Å². The summed E-state index contributed by atoms with van der Waals surface area (Å²) in [4.78, 5) is 2.37. The molecule has 0 amide bonds. The van der Waals surface area contributed by atoms with Gasteiger partial charge in [-0.1, -0.05) is 187 Å². The maximum atomic E-state index is 3.00. The van der Waals surface area contributed by atoms with Crippen molar-refractivity contribution >= 4 is 65.7 Å². The molecule has 0 heterocycles. The highest BCUT2D eigenvalue weighted by Crippen LogP contribution is 2.42. The molecule has 286 valence electrons. The molecule has 0 saturated carbocycles. The zero-order valence-corrected chi connectivity index (χ0v) is 34.5. The Hall–Kier alpha value is -6.96. The fourth-order valence-corrected chi connectivity index (χ4v) is 7.26. The first-order valence-electron chi connectivity index (χ1n) is 19.9. The van der Waals surface area contributed by atoms with E-state index in [1.807, 2.05) is 18.2 Å². The van der Waals surface area contributed by atoms with E-state index in [0.717, 1.165) is 11.4 Å². The summed E-state index contributed by atoms with van der Waals surface area (Å²) in [5.41, 5.74) is 9.94. The summed E-state index contributed by atoms with van der Waals surface area (Å²) in [6.45, 7) is 16.7. The molecular weight excluding hydrogens is 699 g/mol. The van der Waals surface area contributed by atoms with Crippen LogP contribution in [0.4, 0.5) is 17.1 Å². The van der Waals surface area contributed by atoms with E-state index in [-0.39, 0.29) is 0 Å². The van der Waals surface area contributed by atoms with E-state index in [0.29, 0.717) is 0 Å². The van der Waals surface area contributed by atoms with Crippen LogP contribution in [0.15, 0.2) is 225 Å². The van der Waals surface area contributed by atoms with Crippen molar-refractivity contribution < 1.29 is 0 Å². The Morgan fingerprint density at radius 1 is 0.414 bits per heavy atom. The van der Waals surface area contributed by atoms with Crippen molar-refractivity contribution in [3.63, 3.8) is 0 Å². The molecule has 9 aromatic rings. The number of aryl methyl sites for hydroxylation is 2. The number of para-hydroxylation sites is 1. The van der Waals surface area contributed by atoms with Crippen molar-refractivity contribution in [2.24, 2.45) is 0 Å². The standard InChI is InChI=1S/C33H29N.C15H12.C7H8.C2H4/c1-24(2)17-18-25(3)26-19-21-29(22-20-26)34(28-12-5-4-6-13-28)33-23-27-11-7-8-14-30(27)31-15-9-10-16-32(31)33;1-11-10-12-6-2-3-8-14(12)15-9-5-4-7-13(11)15;1-7-5-3-2-4-6-7;1-2/h4-23H,1-3H3;2-10H,1H3;2-6H,1H3;1-2H2/b25-18+;;;. The molecule has 0 aliphatic carbocycles. The third kappa shape index (κ3) is 9.70. The van der Waals surface area contributed by atoms with Gasteiger partial charge in [0, 0.05) is 16.8 Å². The van der Waals surface area contributed by atoms with Crippen LogP contribution >= 0.6 is 0 Å². The van der Waals surface area contributed by atoms with E-state index in [9.17, 15) is 0 Å². The van der Waals surface area contributed by atoms with Gasteiger partial charge in [-0.05, 0) is 119 Å². The van der Waals surface area contributed by atoms with Gasteiger partial charge in [-0.25, -0.2) is 0 Å². The van der Waals surface area contributed by atoms with Crippen molar-refractivity contribution in [1.29, 1.82) is 0 Å². The molecule has 0 N–H and O–H groups in total. The van der Waals surface area contributed by atoms with Gasteiger partial charge in [-0.2, -0.15) is 0 Å². The molecule has 0 saturated heterocycles. The fraction of sp³-hybridized carbons (Fsp3) is 0.0877. The predicted octanol–water partition coefficient (Wildman–Crippen LogP) is 16.9. The lowest BCUT2D eigenvalue weighted by molar-refractivity contribution is 1.30. The molecule has 0 aliphatic rings. The highest BCUT2D eigenvalue weighted by molar-refractivity contribution is 6.14. The van der Waals surface area contributed by atoms with Crippen molar-refractivity contribution in [2.45, 2.75) is 34.6 Å². The van der Waals surface area contributed by atoms with Gasteiger partial charge in [-0.3, -0.25) is 0 Å². The number of nitrogens with zero attached hydrogens (tertiary/aromatic N) is 1. The van der Waals surface area contributed by atoms with Gasteiger partial charge in [0.1, 0.15) is 0 Å². The summed E-state index contributed by atoms with van der Waals surface area (Å²) in [6, 6.07) is 68.9. The number of anilines is 3. The number of hydrogen-bond donors (Lipinski definition) is 0. The van der Waals surface area contributed by atoms with Crippen molar-refractivity contribution in [3.8, 4) is 0 Å². The van der Waals surface area contributed by atoms with Crippen LogP contribution in [0.2, 0.25) is 0 Å². The molecule has 0 radical (unpaired) electrons. The van der Waals surface area contributed by atoms with Crippen molar-refractivity contribution in [1.82, 2.24) is 0 Å². The maximum absolute atomic E-state index is 3.00. The Morgan fingerprint density at radius 2 is 0.845 bits per heavy atom. The molecule has 1 nitrogen and oxygen atoms in total. The average molecular weight is 752 g/mol. The molecule has 0 spiro atoms. The molecule has 58 heavy (non-hydrogen) atoms. The van der Waals surface area contributed by atoms with Crippen molar-refractivity contribution in [2.75, 3.05) is 4.90 Å². The first-order chi connectivity index (χ1) is 28.4. The summed E-state index contributed by atoms with van der Waals surface area (Å²) in [5.74, 6) is 0. The van der Waals surface area contributed by atoms with Crippen LogP contribution in [0.1, 0.15) is 37.5 Å². The normalized spacial score (nSPS) is 10.7. The molecule has 1 heteroatoms. The van der Waals surface area contributed by atoms with Gasteiger partial charge < -0.3 is 4.90 Å². The maximum Gasteiger partial charge on any atom is 0.0546 e. The lowest BCUT2D eigenvalue weighted by Gasteiger charge is -2.27. The van der Waals surface area contributed by atoms with Crippen LogP contribution in [0.25, 0.3) is 48.7 Å². The zero-order valence-electron chi connectivity index (χ0n) is 34.5. The lowest BCUT2D eigenvalue weighted by atomic mass is 9.98. The summed E-state index contributed by atoms with van der Waals surface area (Å²) >= 11 is 0. The predicted molar refractivity (Wildman–Crippen MR) is 258 cm³/mol. The molecule has 0 unspecified atom stereocenters. The quantitative estimate of drug-likeness (QED) is 0.0962. The Morgan fingerprint density at radius 3 is 1.38 bits per heavy atom. The zero-order chi connectivity index (χ0) is 40.9. The van der Waals surface area contributed by atoms with Crippen LogP contribution < -0.4 is 4.90 Å². The molecule has 0 aromatic heterocycles. The Bertz CT molecular complexity index is 2790. The first-order valence-corrected chi connectivity index (χ1v) is 19.9. The SMILES string of the molecule is C=C.CC(C)=C/C=C(\C)c1ccc(N(c2ccccc2)c2cc3ccccc3c3ccccc23)cc1.Cc1cc2ccccc2c2ccccc12.Cc1ccccc1. The second-order valence-electron chi connectivity index (χ2n) is 14.6. The number of allylic oxidation sites excluding steroid dienone is 4. The summed E-state index contributed by atoms with van der Waals surface area (Å²) in [6.07, 6.45) is 4.36. The van der Waals surface area contributed by atoms with E-state index in [1.165, 1.54) is 76.6 Å². The number of benzene rings is 9. The highest BCUT2D eigenvalue weighted by atomic mass is 15.1. The average Bonchev–Trinajstić information content (AvgIpc) is 3.28. The van der Waals surface area contributed by atoms with Crippen LogP contribution in [0, 0.1) is 13.8 Å². The largest absolute Gasteiger partial charge is 0.310 e. The molecule has 0 bridgehead atoms. The topological polar surface area (TPSA) is 3.24 Å². The van der Waals surface area contributed by atoms with Gasteiger partial charge in [0.15, 0.2) is 0 Å². The van der Waals surface area contributed by atoms with Crippen LogP contribution in [-0.4, -0.2) is 0 Å².